The van der Waals surface area contributed by atoms with Gasteiger partial charge in [0.1, 0.15) is 12.2 Å². The third-order valence-electron chi connectivity index (χ3n) is 1.78. The molecule has 0 aromatic rings. The Labute approximate surface area is 123 Å². The van der Waals surface area contributed by atoms with E-state index in [-0.39, 0.29) is 6.61 Å². The van der Waals surface area contributed by atoms with Gasteiger partial charge in [-0.2, -0.15) is 4.79 Å². The first kappa shape index (κ1) is 16.6. The van der Waals surface area contributed by atoms with Crippen molar-refractivity contribution in [1.29, 1.82) is 0 Å². The lowest BCUT2D eigenvalue weighted by molar-refractivity contribution is -0.150. The lowest BCUT2D eigenvalue weighted by Gasteiger charge is -2.22. The first-order chi connectivity index (χ1) is 10.1. The van der Waals surface area contributed by atoms with E-state index < -0.39 is 42.5 Å². The second-order valence-electron chi connectivity index (χ2n) is 4.76. The van der Waals surface area contributed by atoms with E-state index in [1.807, 2.05) is 0 Å². The monoisotopic (exact) mass is 302 g/mol. The summed E-state index contributed by atoms with van der Waals surface area (Å²) in [5, 5.41) is 2.19. The zero-order chi connectivity index (χ0) is 17.3. The number of carbonyl (C=O) groups excluding carboxylic acids is 3. The summed E-state index contributed by atoms with van der Waals surface area (Å²) in [4.78, 5) is 36.8. The number of hydrogen-bond acceptors (Lipinski definition) is 6. The van der Waals surface area contributed by atoms with Gasteiger partial charge in [-0.15, -0.1) is 0 Å². The van der Waals surface area contributed by atoms with Crippen LogP contribution < -0.4 is 5.32 Å². The maximum atomic E-state index is 11.7. The highest BCUT2D eigenvalue weighted by atomic mass is 16.6. The molecule has 0 bridgehead atoms. The molecule has 21 heavy (non-hydrogen) atoms. The van der Waals surface area contributed by atoms with Crippen molar-refractivity contribution in [2.75, 3.05) is 13.2 Å². The Morgan fingerprint density at radius 2 is 2.00 bits per heavy atom. The van der Waals surface area contributed by atoms with Crippen LogP contribution in [0.3, 0.4) is 0 Å². The minimum Gasteiger partial charge on any atom is -0.464 e. The van der Waals surface area contributed by atoms with Gasteiger partial charge in [0.05, 0.1) is 6.61 Å². The lowest BCUT2D eigenvalue weighted by atomic mass is 10.2. The van der Waals surface area contributed by atoms with Crippen LogP contribution in [0.2, 0.25) is 0 Å². The summed E-state index contributed by atoms with van der Waals surface area (Å²) >= 11 is 0. The quantitative estimate of drug-likeness (QED) is 0.247. The molecular weight excluding hydrogens is 282 g/mol. The second-order valence-corrected chi connectivity index (χ2v) is 4.76. The molecule has 9 nitrogen and oxygen atoms in total. The number of esters is 2. The summed E-state index contributed by atoms with van der Waals surface area (Å²) in [7, 11) is 0. The molecule has 0 aliphatic carbocycles. The summed E-state index contributed by atoms with van der Waals surface area (Å²) in [5.74, 6) is -2.10. The van der Waals surface area contributed by atoms with Crippen LogP contribution in [0.15, 0.2) is 0 Å². The zero-order valence-electron chi connectivity index (χ0n) is 13.3. The molecule has 1 atom stereocenters. The van der Waals surface area contributed by atoms with E-state index in [0.29, 0.717) is 0 Å². The van der Waals surface area contributed by atoms with E-state index in [1.54, 1.807) is 27.7 Å². The number of carbonyl (C=O) groups is 3. The molecule has 1 N–H and O–H groups in total. The number of rotatable bonds is 6. The van der Waals surface area contributed by atoms with Gasteiger partial charge in [0.2, 0.25) is 0 Å². The summed E-state index contributed by atoms with van der Waals surface area (Å²) in [5.41, 5.74) is 7.48. The predicted molar refractivity (Wildman–Crippen MR) is 70.4 cm³/mol. The third kappa shape index (κ3) is 9.17. The fourth-order valence-electron chi connectivity index (χ4n) is 1.09. The Balaban J connectivity index is 4.77. The number of nitrogens with zero attached hydrogens (tertiary/aromatic N) is 2. The molecular formula is C12H19N3O6. The highest BCUT2D eigenvalue weighted by Gasteiger charge is 2.27. The molecule has 1 amide bonds. The Morgan fingerprint density at radius 3 is 2.48 bits per heavy atom. The molecule has 0 aliphatic rings. The average Bonchev–Trinajstić information content (AvgIpc) is 2.40. The lowest BCUT2D eigenvalue weighted by Crippen LogP contribution is -2.47. The molecule has 0 rings (SSSR count). The molecule has 0 radical (unpaired) electrons. The molecule has 0 aliphatic heterocycles. The van der Waals surface area contributed by atoms with Crippen molar-refractivity contribution in [3.8, 4) is 0 Å². The van der Waals surface area contributed by atoms with E-state index in [2.05, 4.69) is 14.8 Å². The van der Waals surface area contributed by atoms with Crippen LogP contribution in [-0.4, -0.2) is 53.9 Å². The Hall–Kier alpha value is -2.41. The summed E-state index contributed by atoms with van der Waals surface area (Å²) < 4.78 is 21.2. The molecule has 0 saturated heterocycles. The number of hydrogen-bond donors (Lipinski definition) is 1. The fourth-order valence-corrected chi connectivity index (χ4v) is 1.09. The highest BCUT2D eigenvalue weighted by Crippen LogP contribution is 2.07. The van der Waals surface area contributed by atoms with Gasteiger partial charge in [0, 0.05) is 0 Å². The second kappa shape index (κ2) is 8.70. The molecule has 0 aromatic heterocycles. The van der Waals surface area contributed by atoms with Gasteiger partial charge >= 0.3 is 24.2 Å². The number of nitrogens with one attached hydrogen (secondary N) is 1. The molecule has 0 aromatic carbocycles. The number of ether oxygens (including phenoxy) is 3. The minimum absolute atomic E-state index is 0.0566. The van der Waals surface area contributed by atoms with E-state index in [0.717, 1.165) is 0 Å². The van der Waals surface area contributed by atoms with Crippen LogP contribution in [0.25, 0.3) is 5.53 Å². The smallest absolute Gasteiger partial charge is 0.413 e. The summed E-state index contributed by atoms with van der Waals surface area (Å²) in [6.07, 6.45) is -1.94. The van der Waals surface area contributed by atoms with Gasteiger partial charge in [-0.25, -0.2) is 14.4 Å². The maximum Gasteiger partial charge on any atom is 0.413 e. The van der Waals surface area contributed by atoms with Crippen molar-refractivity contribution in [2.24, 2.45) is 0 Å². The van der Waals surface area contributed by atoms with Gasteiger partial charge in [-0.1, -0.05) is 0 Å². The molecule has 0 heterocycles. The summed E-state index contributed by atoms with van der Waals surface area (Å²) in [6.45, 7) is 5.92. The SMILES string of the molecule is [2H]C(=[N+]=[N-])C(=O)OC[C@H](NC(=O)OC(C)(C)C)C(=O)OCC. The van der Waals surface area contributed by atoms with Gasteiger partial charge in [0.25, 0.3) is 0 Å². The highest BCUT2D eigenvalue weighted by molar-refractivity contribution is 6.20. The number of alkyl carbamates (subject to hydrolysis) is 1. The van der Waals surface area contributed by atoms with Gasteiger partial charge < -0.3 is 25.1 Å². The van der Waals surface area contributed by atoms with Crippen molar-refractivity contribution < 1.29 is 34.8 Å². The standard InChI is InChI=1S/C12H19N3O6/c1-5-19-10(17)8(7-20-9(16)6-14-13)15-11(18)21-12(2,3)4/h6,8H,5,7H2,1-4H3,(H,15,18)/t8-/m0/s1/i6D. The summed E-state index contributed by atoms with van der Waals surface area (Å²) in [6, 6.07) is -1.31. The van der Waals surface area contributed by atoms with Crippen LogP contribution in [0.1, 0.15) is 29.1 Å². The Morgan fingerprint density at radius 1 is 1.38 bits per heavy atom. The Bertz CT molecular complexity index is 482. The largest absolute Gasteiger partial charge is 0.464 e. The van der Waals surface area contributed by atoms with E-state index in [4.69, 9.17) is 16.4 Å². The van der Waals surface area contributed by atoms with Gasteiger partial charge in [-0.05, 0) is 27.7 Å². The van der Waals surface area contributed by atoms with Gasteiger partial charge in [0.15, 0.2) is 7.41 Å². The molecule has 0 saturated carbocycles. The maximum absolute atomic E-state index is 11.7. The van der Waals surface area contributed by atoms with E-state index >= 15 is 0 Å². The van der Waals surface area contributed by atoms with Crippen molar-refractivity contribution in [3.05, 3.63) is 5.53 Å². The minimum atomic E-state index is -1.31. The Kier molecular flexibility index (Phi) is 6.90. The van der Waals surface area contributed by atoms with Crippen molar-refractivity contribution in [1.82, 2.24) is 5.32 Å². The number of amides is 1. The third-order valence-corrected chi connectivity index (χ3v) is 1.78. The van der Waals surface area contributed by atoms with Crippen LogP contribution >= 0.6 is 0 Å². The first-order valence-electron chi connectivity index (χ1n) is 6.62. The van der Waals surface area contributed by atoms with Crippen molar-refractivity contribution >= 4 is 24.2 Å². The molecule has 0 spiro atoms. The average molecular weight is 302 g/mol. The fraction of sp³-hybridized carbons (Fsp3) is 0.667. The molecule has 0 unspecified atom stereocenters. The van der Waals surface area contributed by atoms with Crippen LogP contribution in [0.5, 0.6) is 0 Å². The zero-order valence-corrected chi connectivity index (χ0v) is 12.3. The van der Waals surface area contributed by atoms with Crippen molar-refractivity contribution in [2.45, 2.75) is 39.3 Å². The van der Waals surface area contributed by atoms with Crippen LogP contribution in [0, 0.1) is 0 Å². The van der Waals surface area contributed by atoms with Crippen LogP contribution in [0.4, 0.5) is 4.79 Å². The topological polar surface area (TPSA) is 127 Å². The first-order valence-corrected chi connectivity index (χ1v) is 6.12. The molecule has 118 valence electrons. The predicted octanol–water partition coefficient (Wildman–Crippen LogP) is 0.287. The van der Waals surface area contributed by atoms with Crippen LogP contribution in [-0.2, 0) is 23.8 Å². The normalized spacial score (nSPS) is 12.3. The molecule has 0 fully saturated rings. The van der Waals surface area contributed by atoms with E-state index in [9.17, 15) is 14.4 Å². The van der Waals surface area contributed by atoms with Gasteiger partial charge in [-0.3, -0.25) is 0 Å². The van der Waals surface area contributed by atoms with E-state index in [1.165, 1.54) is 0 Å². The van der Waals surface area contributed by atoms with Crippen molar-refractivity contribution in [3.63, 3.8) is 0 Å². The molecule has 9 heteroatoms.